The molecule has 6 aromatic carbocycles. The van der Waals surface area contributed by atoms with Crippen LogP contribution < -0.4 is 24.7 Å². The Morgan fingerprint density at radius 3 is 1.41 bits per heavy atom. The summed E-state index contributed by atoms with van der Waals surface area (Å²) in [6.45, 7) is 21.5. The lowest BCUT2D eigenvalue weighted by Crippen LogP contribution is -2.41. The zero-order chi connectivity index (χ0) is 63.6. The maximum absolute atomic E-state index is 13.6. The number of anilines is 2. The lowest BCUT2D eigenvalue weighted by Gasteiger charge is -2.32. The van der Waals surface area contributed by atoms with Gasteiger partial charge in [-0.25, -0.2) is 25.6 Å². The van der Waals surface area contributed by atoms with Gasteiger partial charge < -0.3 is 28.8 Å². The van der Waals surface area contributed by atoms with Gasteiger partial charge in [0.05, 0.1) is 46.2 Å². The van der Waals surface area contributed by atoms with E-state index in [1.807, 2.05) is 42.5 Å². The van der Waals surface area contributed by atoms with Gasteiger partial charge in [0.2, 0.25) is 20.0 Å². The van der Waals surface area contributed by atoms with E-state index in [0.717, 1.165) is 39.0 Å². The topological polar surface area (TPSA) is 178 Å². The summed E-state index contributed by atoms with van der Waals surface area (Å²) in [4.78, 5) is 25.5. The van der Waals surface area contributed by atoms with Crippen molar-refractivity contribution in [1.82, 2.24) is 10.6 Å². The van der Waals surface area contributed by atoms with E-state index in [1.54, 1.807) is 24.3 Å². The van der Waals surface area contributed by atoms with E-state index >= 15 is 0 Å². The van der Waals surface area contributed by atoms with Crippen LogP contribution in [0.4, 0.5) is 20.2 Å². The summed E-state index contributed by atoms with van der Waals surface area (Å²) < 4.78 is 103. The molecule has 0 radical (unpaired) electrons. The van der Waals surface area contributed by atoms with E-state index in [-0.39, 0.29) is 52.8 Å². The molecule has 0 spiro atoms. The van der Waals surface area contributed by atoms with Crippen molar-refractivity contribution in [3.8, 4) is 56.7 Å². The van der Waals surface area contributed by atoms with E-state index < -0.39 is 47.8 Å². The number of carbonyl (C=O) groups is 2. The van der Waals surface area contributed by atoms with Gasteiger partial charge in [0.1, 0.15) is 50.5 Å². The molecule has 86 heavy (non-hydrogen) atoms. The van der Waals surface area contributed by atoms with Crippen LogP contribution in [0.2, 0.25) is 39.3 Å². The molecule has 0 unspecified atom stereocenters. The van der Waals surface area contributed by atoms with Crippen molar-refractivity contribution >= 4 is 110 Å². The Morgan fingerprint density at radius 1 is 0.570 bits per heavy atom. The maximum atomic E-state index is 13.6. The maximum Gasteiger partial charge on any atom is 0.494 e. The predicted molar refractivity (Wildman–Crippen MR) is 352 cm³/mol. The first kappa shape index (κ1) is 66.2. The number of sulfonamides is 2. The normalized spacial score (nSPS) is 13.7. The quantitative estimate of drug-likeness (QED) is 0.0989. The van der Waals surface area contributed by atoms with Crippen LogP contribution in [0.5, 0.6) is 0 Å². The molecule has 2 amide bonds. The van der Waals surface area contributed by atoms with Crippen molar-refractivity contribution < 1.29 is 53.3 Å². The van der Waals surface area contributed by atoms with Crippen LogP contribution in [0, 0.1) is 34.6 Å². The number of hydrogen-bond acceptors (Lipinski definition) is 10. The van der Waals surface area contributed by atoms with Gasteiger partial charge in [-0.3, -0.25) is 18.2 Å². The molecule has 14 nitrogen and oxygen atoms in total. The summed E-state index contributed by atoms with van der Waals surface area (Å²) in [7, 11) is -4.50. The lowest BCUT2D eigenvalue weighted by atomic mass is 9.78. The molecule has 0 atom stereocenters. The van der Waals surface area contributed by atoms with Gasteiger partial charge in [-0.05, 0) is 140 Å². The number of carbonyl (C=O) groups excluding carboxylic acids is 2. The fourth-order valence-corrected chi connectivity index (χ4v) is 11.4. The monoisotopic (exact) mass is 1300 g/mol. The Hall–Kier alpha value is -7.28. The average molecular weight is 1300 g/mol. The molecule has 1 fully saturated rings. The number of nitrogens with zero attached hydrogens (tertiary/aromatic N) is 2. The summed E-state index contributed by atoms with van der Waals surface area (Å²) in [6, 6.07) is 33.5. The van der Waals surface area contributed by atoms with Crippen LogP contribution in [0.3, 0.4) is 0 Å². The smallest absolute Gasteiger partial charge is 0.455 e. The second-order valence-corrected chi connectivity index (χ2v) is 38.1. The molecule has 2 N–H and O–H groups in total. The average Bonchev–Trinajstić information content (AvgIpc) is 2.07. The fraction of sp³-hybridized carbons (Fsp3) is 0.281. The third-order valence-electron chi connectivity index (χ3n) is 14.1. The van der Waals surface area contributed by atoms with Gasteiger partial charge in [-0.2, -0.15) is 0 Å². The molecule has 1 aliphatic rings. The van der Waals surface area contributed by atoms with E-state index in [4.69, 9.17) is 18.1 Å². The predicted octanol–water partition coefficient (Wildman–Crippen LogP) is 12.9. The highest BCUT2D eigenvalue weighted by molar-refractivity contribution is 9.10. The van der Waals surface area contributed by atoms with Gasteiger partial charge in [0.15, 0.2) is 0 Å². The number of fused-ring (bicyclic) bond motifs is 2. The summed E-state index contributed by atoms with van der Waals surface area (Å²) in [6.07, 6.45) is 2.21. The van der Waals surface area contributed by atoms with Crippen LogP contribution >= 0.6 is 15.9 Å². The largest absolute Gasteiger partial charge is 0.494 e. The molecule has 8 aromatic rings. The van der Waals surface area contributed by atoms with Crippen LogP contribution in [0.15, 0.2) is 135 Å². The minimum absolute atomic E-state index is 0.263. The Morgan fingerprint density at radius 2 is 0.977 bits per heavy atom. The zero-order valence-electron chi connectivity index (χ0n) is 51.1. The number of amides is 2. The van der Waals surface area contributed by atoms with Crippen molar-refractivity contribution in [1.29, 1.82) is 0 Å². The highest BCUT2D eigenvalue weighted by atomic mass is 79.9. The van der Waals surface area contributed by atoms with Crippen LogP contribution in [-0.2, 0) is 29.4 Å². The first-order valence-electron chi connectivity index (χ1n) is 27.2. The molecular weight excluding hydrogens is 1230 g/mol. The fourth-order valence-electron chi connectivity index (χ4n) is 8.66. The summed E-state index contributed by atoms with van der Waals surface area (Å²) in [5.41, 5.74) is 13.4. The molecule has 1 aliphatic heterocycles. The number of hydrogen-bond donors (Lipinski definition) is 2. The molecule has 22 heteroatoms. The third-order valence-corrected chi connectivity index (χ3v) is 18.9. The third kappa shape index (κ3) is 15.6. The summed E-state index contributed by atoms with van der Waals surface area (Å²) in [5, 5.41) is 6.22. The zero-order valence-corrected chi connectivity index (χ0v) is 56.3. The van der Waals surface area contributed by atoms with E-state index in [9.17, 15) is 35.2 Å². The van der Waals surface area contributed by atoms with Crippen molar-refractivity contribution in [2.75, 3.05) is 49.3 Å². The number of halogens is 3. The number of furan rings is 2. The van der Waals surface area contributed by atoms with Gasteiger partial charge in [0.25, 0.3) is 11.8 Å². The first-order chi connectivity index (χ1) is 39.9. The SMILES string of the molecule is CC1(C)OB(c2cccc(C#C[Si](C)(C)C)c2)OC1(C)C.CNC(=O)c1c(-c2ccc(F)cc2)oc2cc(N(C)S(C)(=O)=O)c(-c3cccc(C#C[Si](C)(C)C)c3)cc12.CNC(=O)c1c(-c2ccc(F)cc2)oc2cc(N(C)S(C)(=O)=O)c(Br)cc12. The Balaban J connectivity index is 0.000000194. The van der Waals surface area contributed by atoms with E-state index in [1.165, 1.54) is 81.0 Å². The summed E-state index contributed by atoms with van der Waals surface area (Å²) >= 11 is 3.36. The molecule has 1 saturated heterocycles. The lowest BCUT2D eigenvalue weighted by molar-refractivity contribution is 0.00578. The van der Waals surface area contributed by atoms with Crippen molar-refractivity contribution in [2.24, 2.45) is 0 Å². The Bertz CT molecular complexity index is 4260. The molecule has 3 heterocycles. The second kappa shape index (κ2) is 25.6. The van der Waals surface area contributed by atoms with Crippen molar-refractivity contribution in [3.05, 3.63) is 160 Å². The molecule has 0 aliphatic carbocycles. The number of nitrogens with one attached hydrogen (secondary N) is 2. The summed E-state index contributed by atoms with van der Waals surface area (Å²) in [5.74, 6) is 5.50. The number of rotatable bonds is 10. The standard InChI is InChI=1S/C29H29FN2O4SSi.C18H16BrFN2O4S.C17H25BO2Si/c1-31-29(33)27-24-17-23(21-9-7-8-19(16-21)14-15-38(4,5)6)25(32(2)37(3,34)35)18-26(24)36-28(27)20-10-12-22(30)13-11-20;1-21-18(23)16-12-8-13(19)14(22(2)27(3,24)25)9-15(12)26-17(16)10-4-6-11(20)7-5-10;1-16(2)17(3,4)20-18(19-16)15-10-8-9-14(13-15)11-12-21(5,6)7/h7-13,16-18H,1-6H3,(H,31,33);4-9H,1-3H3,(H,21,23);8-10,13H,1-7H3. The Kier molecular flexibility index (Phi) is 19.7. The van der Waals surface area contributed by atoms with Crippen molar-refractivity contribution in [3.63, 3.8) is 0 Å². The van der Waals surface area contributed by atoms with Gasteiger partial charge >= 0.3 is 7.12 Å². The first-order valence-corrected chi connectivity index (χ1v) is 38.7. The van der Waals surface area contributed by atoms with E-state index in [2.05, 4.69) is 123 Å². The van der Waals surface area contributed by atoms with Crippen LogP contribution in [0.1, 0.15) is 59.5 Å². The highest BCUT2D eigenvalue weighted by Gasteiger charge is 2.51. The van der Waals surface area contributed by atoms with Crippen LogP contribution in [0.25, 0.3) is 55.7 Å². The minimum atomic E-state index is -3.63. The van der Waals surface area contributed by atoms with Gasteiger partial charge in [0, 0.05) is 83.4 Å². The molecule has 2 aromatic heterocycles. The molecule has 0 bridgehead atoms. The molecule has 450 valence electrons. The van der Waals surface area contributed by atoms with Gasteiger partial charge in [-0.15, -0.1) is 11.1 Å². The van der Waals surface area contributed by atoms with E-state index in [0.29, 0.717) is 54.5 Å². The minimum Gasteiger partial charge on any atom is -0.455 e. The molecule has 9 rings (SSSR count). The van der Waals surface area contributed by atoms with Crippen molar-refractivity contribution in [2.45, 2.75) is 78.2 Å². The molecule has 0 saturated carbocycles. The highest BCUT2D eigenvalue weighted by Crippen LogP contribution is 2.43. The Labute approximate surface area is 514 Å². The van der Waals surface area contributed by atoms with Gasteiger partial charge in [-0.1, -0.05) is 75.4 Å². The molecular formula is C64H70BBrF2N4O10S2Si2. The number of benzene rings is 6. The van der Waals surface area contributed by atoms with Crippen LogP contribution in [-0.4, -0.2) is 104 Å². The second-order valence-electron chi connectivity index (χ2n) is 23.7.